The van der Waals surface area contributed by atoms with Crippen molar-refractivity contribution in [1.82, 2.24) is 14.7 Å². The van der Waals surface area contributed by atoms with Crippen LogP contribution >= 0.6 is 0 Å². The predicted molar refractivity (Wildman–Crippen MR) is 87.0 cm³/mol. The normalized spacial score (nSPS) is 34.9. The van der Waals surface area contributed by atoms with Gasteiger partial charge in [-0.1, -0.05) is 6.07 Å². The summed E-state index contributed by atoms with van der Waals surface area (Å²) in [6, 6.07) is 5.64. The highest BCUT2D eigenvalue weighted by Crippen LogP contribution is 2.59. The van der Waals surface area contributed by atoms with Crippen molar-refractivity contribution < 1.29 is 4.79 Å². The molecule has 0 saturated heterocycles. The lowest BCUT2D eigenvalue weighted by atomic mass is 9.49. The smallest absolute Gasteiger partial charge is 0.268 e. The molecule has 4 aliphatic carbocycles. The predicted octanol–water partition coefficient (Wildman–Crippen LogP) is 3.08. The van der Waals surface area contributed by atoms with Gasteiger partial charge in [0, 0.05) is 12.7 Å². The Morgan fingerprint density at radius 1 is 1.22 bits per heavy atom. The fourth-order valence-corrected chi connectivity index (χ4v) is 5.94. The summed E-state index contributed by atoms with van der Waals surface area (Å²) in [4.78, 5) is 16.8. The van der Waals surface area contributed by atoms with Crippen LogP contribution in [0.4, 0.5) is 0 Å². The Morgan fingerprint density at radius 3 is 2.61 bits per heavy atom. The van der Waals surface area contributed by atoms with E-state index in [4.69, 9.17) is 0 Å². The van der Waals surface area contributed by atoms with Gasteiger partial charge in [0.05, 0.1) is 0 Å². The van der Waals surface area contributed by atoms with Crippen molar-refractivity contribution in [3.63, 3.8) is 0 Å². The number of pyridine rings is 1. The molecule has 0 atom stereocenters. The van der Waals surface area contributed by atoms with Crippen molar-refractivity contribution in [2.24, 2.45) is 23.2 Å². The second-order valence-corrected chi connectivity index (χ2v) is 8.11. The summed E-state index contributed by atoms with van der Waals surface area (Å²) >= 11 is 0. The van der Waals surface area contributed by atoms with Crippen LogP contribution in [0.15, 0.2) is 24.4 Å². The number of nitrogens with one attached hydrogen (secondary N) is 1. The van der Waals surface area contributed by atoms with Crippen LogP contribution in [0.1, 0.15) is 49.0 Å². The van der Waals surface area contributed by atoms with Crippen molar-refractivity contribution >= 4 is 11.6 Å². The van der Waals surface area contributed by atoms with E-state index in [0.29, 0.717) is 11.1 Å². The van der Waals surface area contributed by atoms with E-state index in [1.165, 1.54) is 38.5 Å². The van der Waals surface area contributed by atoms with Crippen molar-refractivity contribution in [3.05, 3.63) is 36.3 Å². The monoisotopic (exact) mass is 308 g/mol. The summed E-state index contributed by atoms with van der Waals surface area (Å²) in [7, 11) is 0. The van der Waals surface area contributed by atoms with Crippen molar-refractivity contribution in [2.75, 3.05) is 6.54 Å². The van der Waals surface area contributed by atoms with Gasteiger partial charge in [0.1, 0.15) is 17.5 Å². The van der Waals surface area contributed by atoms with Gasteiger partial charge in [-0.25, -0.2) is 4.98 Å². The van der Waals surface area contributed by atoms with E-state index >= 15 is 0 Å². The standard InChI is InChI=1S/C19H22N3O/c23-18(16-2-1-3-17-20-4-5-22(16)17)21-12-19-9-13-6-14(10-19)8-15(7-13)11-19/h1-3,5,13-15H,6-12H2,(H,21,23). The Morgan fingerprint density at radius 2 is 1.91 bits per heavy atom. The van der Waals surface area contributed by atoms with Gasteiger partial charge in [-0.05, 0) is 73.8 Å². The Hall–Kier alpha value is -1.84. The van der Waals surface area contributed by atoms with Crippen LogP contribution in [-0.4, -0.2) is 21.8 Å². The molecule has 23 heavy (non-hydrogen) atoms. The second-order valence-electron chi connectivity index (χ2n) is 8.11. The number of carbonyl (C=O) groups is 1. The second kappa shape index (κ2) is 4.83. The third kappa shape index (κ3) is 2.19. The summed E-state index contributed by atoms with van der Waals surface area (Å²) in [5.41, 5.74) is 1.80. The molecule has 1 amide bonds. The number of hydrogen-bond donors (Lipinski definition) is 1. The Balaban J connectivity index is 1.34. The van der Waals surface area contributed by atoms with E-state index < -0.39 is 0 Å². The first kappa shape index (κ1) is 13.6. The van der Waals surface area contributed by atoms with Crippen LogP contribution in [0.2, 0.25) is 0 Å². The van der Waals surface area contributed by atoms with E-state index in [1.807, 2.05) is 22.6 Å². The molecule has 4 aliphatic rings. The van der Waals surface area contributed by atoms with Crippen LogP contribution in [-0.2, 0) is 0 Å². The molecule has 1 N–H and O–H groups in total. The molecule has 4 heteroatoms. The third-order valence-electron chi connectivity index (χ3n) is 6.39. The summed E-state index contributed by atoms with van der Waals surface area (Å²) in [6.07, 6.45) is 12.8. The number of rotatable bonds is 3. The molecule has 0 aromatic carbocycles. The number of imidazole rings is 1. The molecule has 119 valence electrons. The van der Waals surface area contributed by atoms with Gasteiger partial charge in [0.15, 0.2) is 0 Å². The maximum Gasteiger partial charge on any atom is 0.268 e. The number of hydrogen-bond acceptors (Lipinski definition) is 2. The van der Waals surface area contributed by atoms with Gasteiger partial charge >= 0.3 is 0 Å². The number of aromatic nitrogens is 2. The molecule has 0 aliphatic heterocycles. The molecule has 1 radical (unpaired) electrons. The lowest BCUT2D eigenvalue weighted by molar-refractivity contribution is -0.0503. The SMILES string of the molecule is O=C(NCC12CC3CC(CC(C3)C1)C2)c1cccc2n[c]cn12. The minimum absolute atomic E-state index is 0.0118. The first-order valence-corrected chi connectivity index (χ1v) is 8.83. The fraction of sp³-hybridized carbons (Fsp3) is 0.579. The highest BCUT2D eigenvalue weighted by atomic mass is 16.1. The highest BCUT2D eigenvalue weighted by Gasteiger charge is 2.50. The third-order valence-corrected chi connectivity index (χ3v) is 6.39. The molecule has 4 bridgehead atoms. The molecule has 4 saturated carbocycles. The molecular formula is C19H22N3O. The van der Waals surface area contributed by atoms with E-state index in [-0.39, 0.29) is 5.91 Å². The van der Waals surface area contributed by atoms with E-state index in [1.54, 1.807) is 6.20 Å². The lowest BCUT2D eigenvalue weighted by Crippen LogP contribution is -2.51. The quantitative estimate of drug-likeness (QED) is 0.947. The number of carbonyl (C=O) groups excluding carboxylic acids is 1. The number of fused-ring (bicyclic) bond motifs is 1. The van der Waals surface area contributed by atoms with Crippen LogP contribution in [0.25, 0.3) is 5.65 Å². The Kier molecular flexibility index (Phi) is 2.85. The molecule has 6 rings (SSSR count). The van der Waals surface area contributed by atoms with E-state index in [0.717, 1.165) is 29.9 Å². The molecule has 2 aromatic heterocycles. The summed E-state index contributed by atoms with van der Waals surface area (Å²) in [6.45, 7) is 0.837. The molecule has 0 spiro atoms. The molecule has 4 fully saturated rings. The average molecular weight is 308 g/mol. The van der Waals surface area contributed by atoms with Crippen molar-refractivity contribution in [2.45, 2.75) is 38.5 Å². The van der Waals surface area contributed by atoms with Crippen LogP contribution < -0.4 is 5.32 Å². The van der Waals surface area contributed by atoms with Crippen LogP contribution in [0.5, 0.6) is 0 Å². The highest BCUT2D eigenvalue weighted by molar-refractivity contribution is 5.93. The molecule has 0 unspecified atom stereocenters. The molecular weight excluding hydrogens is 286 g/mol. The molecule has 2 aromatic rings. The first-order chi connectivity index (χ1) is 11.2. The maximum atomic E-state index is 12.7. The summed E-state index contributed by atoms with van der Waals surface area (Å²) < 4.78 is 1.81. The minimum Gasteiger partial charge on any atom is -0.350 e. The zero-order valence-corrected chi connectivity index (χ0v) is 13.3. The fourth-order valence-electron chi connectivity index (χ4n) is 5.94. The van der Waals surface area contributed by atoms with E-state index in [9.17, 15) is 4.79 Å². The van der Waals surface area contributed by atoms with E-state index in [2.05, 4.69) is 16.5 Å². The first-order valence-electron chi connectivity index (χ1n) is 8.83. The van der Waals surface area contributed by atoms with Gasteiger partial charge in [-0.3, -0.25) is 9.20 Å². The molecule has 2 heterocycles. The summed E-state index contributed by atoms with van der Waals surface area (Å²) in [5.74, 6) is 2.78. The Labute approximate surface area is 136 Å². The van der Waals surface area contributed by atoms with Gasteiger partial charge in [-0.2, -0.15) is 0 Å². The molecule has 4 nitrogen and oxygen atoms in total. The minimum atomic E-state index is 0.0118. The van der Waals surface area contributed by atoms with Gasteiger partial charge in [-0.15, -0.1) is 0 Å². The maximum absolute atomic E-state index is 12.7. The van der Waals surface area contributed by atoms with Gasteiger partial charge in [0.25, 0.3) is 5.91 Å². The number of amides is 1. The van der Waals surface area contributed by atoms with Gasteiger partial charge < -0.3 is 5.32 Å². The zero-order chi connectivity index (χ0) is 15.4. The average Bonchev–Trinajstić information content (AvgIpc) is 3.00. The zero-order valence-electron chi connectivity index (χ0n) is 13.3. The van der Waals surface area contributed by atoms with Gasteiger partial charge in [0.2, 0.25) is 0 Å². The van der Waals surface area contributed by atoms with Crippen molar-refractivity contribution in [1.29, 1.82) is 0 Å². The largest absolute Gasteiger partial charge is 0.350 e. The van der Waals surface area contributed by atoms with Crippen LogP contribution in [0.3, 0.4) is 0 Å². The lowest BCUT2D eigenvalue weighted by Gasteiger charge is -2.56. The summed E-state index contributed by atoms with van der Waals surface area (Å²) in [5, 5.41) is 3.24. The topological polar surface area (TPSA) is 46.4 Å². The van der Waals surface area contributed by atoms with Crippen LogP contribution in [0, 0.1) is 29.4 Å². The number of nitrogens with zero attached hydrogens (tertiary/aromatic N) is 2. The Bertz CT molecular complexity index is 728. The van der Waals surface area contributed by atoms with Crippen molar-refractivity contribution in [3.8, 4) is 0 Å².